The number of nitrogens with zero attached hydrogens (tertiary/aromatic N) is 1. The fourth-order valence-corrected chi connectivity index (χ4v) is 2.39. The van der Waals surface area contributed by atoms with Gasteiger partial charge in [-0.15, -0.1) is 0 Å². The highest BCUT2D eigenvalue weighted by Gasteiger charge is 2.06. The zero-order chi connectivity index (χ0) is 18.7. The second-order valence-corrected chi connectivity index (χ2v) is 5.80. The lowest BCUT2D eigenvalue weighted by Crippen LogP contribution is -2.25. The summed E-state index contributed by atoms with van der Waals surface area (Å²) in [6.07, 6.45) is 0. The van der Waals surface area contributed by atoms with Crippen LogP contribution in [0.5, 0.6) is 5.75 Å². The van der Waals surface area contributed by atoms with Gasteiger partial charge in [-0.3, -0.25) is 4.84 Å². The van der Waals surface area contributed by atoms with Crippen molar-refractivity contribution in [3.63, 3.8) is 0 Å². The summed E-state index contributed by atoms with van der Waals surface area (Å²) in [5.41, 5.74) is 5.82. The minimum atomic E-state index is 0.376. The maximum atomic E-state index is 5.60. The fraction of sp³-hybridized carbons (Fsp3) is 0.136. The fourth-order valence-electron chi connectivity index (χ4n) is 2.39. The van der Waals surface area contributed by atoms with Gasteiger partial charge in [-0.2, -0.15) is 0 Å². The Morgan fingerprint density at radius 1 is 0.778 bits per heavy atom. The van der Waals surface area contributed by atoms with E-state index in [2.05, 4.69) is 10.6 Å². The number of methoxy groups -OCH3 is 1. The first-order valence-corrected chi connectivity index (χ1v) is 8.65. The van der Waals surface area contributed by atoms with Gasteiger partial charge >= 0.3 is 0 Å². The van der Waals surface area contributed by atoms with Crippen molar-refractivity contribution in [3.8, 4) is 5.75 Å². The predicted octanol–water partition coefficient (Wildman–Crippen LogP) is 4.30. The first-order valence-electron chi connectivity index (χ1n) is 8.65. The highest BCUT2D eigenvalue weighted by atomic mass is 16.7. The molecule has 0 radical (unpaired) electrons. The summed E-state index contributed by atoms with van der Waals surface area (Å²) in [5.74, 6) is 1.26. The van der Waals surface area contributed by atoms with Crippen LogP contribution in [-0.4, -0.2) is 12.9 Å². The Bertz CT molecular complexity index is 834. The van der Waals surface area contributed by atoms with Crippen molar-refractivity contribution >= 4 is 5.84 Å². The van der Waals surface area contributed by atoms with Gasteiger partial charge in [-0.1, -0.05) is 65.8 Å². The molecule has 0 saturated heterocycles. The van der Waals surface area contributed by atoms with Crippen LogP contribution in [0.3, 0.4) is 0 Å². The molecule has 0 aromatic heterocycles. The van der Waals surface area contributed by atoms with E-state index in [9.17, 15) is 0 Å². The Hall–Kier alpha value is -3.31. The van der Waals surface area contributed by atoms with Gasteiger partial charge in [0.05, 0.1) is 13.7 Å². The van der Waals surface area contributed by atoms with Gasteiger partial charge in [0.25, 0.3) is 0 Å². The number of hydrogen-bond acceptors (Lipinski definition) is 4. The molecule has 3 aromatic rings. The van der Waals surface area contributed by atoms with E-state index in [1.54, 1.807) is 7.11 Å². The maximum Gasteiger partial charge on any atom is 0.196 e. The van der Waals surface area contributed by atoms with Crippen molar-refractivity contribution in [1.29, 1.82) is 0 Å². The van der Waals surface area contributed by atoms with Gasteiger partial charge in [-0.25, -0.2) is 5.48 Å². The zero-order valence-electron chi connectivity index (χ0n) is 15.2. The molecule has 138 valence electrons. The van der Waals surface area contributed by atoms with E-state index in [4.69, 9.17) is 14.4 Å². The smallest absolute Gasteiger partial charge is 0.196 e. The Balaban J connectivity index is 1.66. The summed E-state index contributed by atoms with van der Waals surface area (Å²) in [5, 5.41) is 4.22. The number of hydrogen-bond donors (Lipinski definition) is 1. The molecule has 0 heterocycles. The van der Waals surface area contributed by atoms with E-state index in [1.807, 2.05) is 84.9 Å². The third-order valence-electron chi connectivity index (χ3n) is 3.84. The van der Waals surface area contributed by atoms with Crippen LogP contribution in [0.1, 0.15) is 16.7 Å². The van der Waals surface area contributed by atoms with Gasteiger partial charge < -0.3 is 9.57 Å². The minimum absolute atomic E-state index is 0.376. The standard InChI is InChI=1S/C22H22N2O3/c1-25-21-14-12-20(13-15-21)22(23-26-16-18-8-4-2-5-9-18)24-27-17-19-10-6-3-7-11-19/h2-15H,16-17H2,1H3,(H,23,24). The second kappa shape index (κ2) is 9.99. The largest absolute Gasteiger partial charge is 0.497 e. The van der Waals surface area contributed by atoms with E-state index < -0.39 is 0 Å². The second-order valence-electron chi connectivity index (χ2n) is 5.80. The summed E-state index contributed by atoms with van der Waals surface area (Å²) in [4.78, 5) is 11.1. The van der Waals surface area contributed by atoms with Crippen molar-refractivity contribution in [3.05, 3.63) is 102 Å². The molecule has 27 heavy (non-hydrogen) atoms. The molecule has 0 aliphatic carbocycles. The first kappa shape index (κ1) is 18.5. The number of benzene rings is 3. The molecule has 0 spiro atoms. The molecule has 1 N–H and O–H groups in total. The van der Waals surface area contributed by atoms with Gasteiger partial charge in [-0.05, 0) is 35.4 Å². The van der Waals surface area contributed by atoms with Crippen molar-refractivity contribution in [2.75, 3.05) is 7.11 Å². The van der Waals surface area contributed by atoms with Gasteiger partial charge in [0.1, 0.15) is 12.4 Å². The Kier molecular flexibility index (Phi) is 6.84. The summed E-state index contributed by atoms with van der Waals surface area (Å²) >= 11 is 0. The molecule has 3 rings (SSSR count). The van der Waals surface area contributed by atoms with E-state index in [-0.39, 0.29) is 0 Å². The molecule has 0 fully saturated rings. The number of hydroxylamine groups is 1. The van der Waals surface area contributed by atoms with Gasteiger partial charge in [0.15, 0.2) is 5.84 Å². The van der Waals surface area contributed by atoms with Crippen LogP contribution in [0.25, 0.3) is 0 Å². The normalized spacial score (nSPS) is 11.1. The molecule has 3 aromatic carbocycles. The van der Waals surface area contributed by atoms with Crippen LogP contribution in [0, 0.1) is 0 Å². The predicted molar refractivity (Wildman–Crippen MR) is 105 cm³/mol. The van der Waals surface area contributed by atoms with E-state index in [1.165, 1.54) is 0 Å². The Labute approximate surface area is 159 Å². The van der Waals surface area contributed by atoms with E-state index >= 15 is 0 Å². The molecular formula is C22H22N2O3. The summed E-state index contributed by atoms with van der Waals surface area (Å²) in [6.45, 7) is 0.787. The SMILES string of the molecule is COc1ccc(/C(=N\OCc2ccccc2)NOCc2ccccc2)cc1. The van der Waals surface area contributed by atoms with Crippen LogP contribution in [0.4, 0.5) is 0 Å². The molecule has 5 nitrogen and oxygen atoms in total. The lowest BCUT2D eigenvalue weighted by atomic mass is 10.2. The van der Waals surface area contributed by atoms with Crippen LogP contribution in [0.2, 0.25) is 0 Å². The van der Waals surface area contributed by atoms with Gasteiger partial charge in [0, 0.05) is 5.56 Å². The topological polar surface area (TPSA) is 52.1 Å². The maximum absolute atomic E-state index is 5.60. The molecule has 0 saturated carbocycles. The molecule has 0 amide bonds. The summed E-state index contributed by atoms with van der Waals surface area (Å²) < 4.78 is 5.20. The number of oxime groups is 1. The van der Waals surface area contributed by atoms with E-state index in [0.29, 0.717) is 19.0 Å². The monoisotopic (exact) mass is 362 g/mol. The average Bonchev–Trinajstić information content (AvgIpc) is 2.74. The molecule has 0 aliphatic heterocycles. The van der Waals surface area contributed by atoms with Crippen molar-refractivity contribution in [1.82, 2.24) is 5.48 Å². The van der Waals surface area contributed by atoms with Crippen LogP contribution in [0.15, 0.2) is 90.1 Å². The Morgan fingerprint density at radius 3 is 1.96 bits per heavy atom. The summed E-state index contributed by atoms with van der Waals surface area (Å²) in [7, 11) is 1.63. The zero-order valence-corrected chi connectivity index (χ0v) is 15.2. The average molecular weight is 362 g/mol. The summed E-state index contributed by atoms with van der Waals surface area (Å²) in [6, 6.07) is 27.3. The molecule has 0 unspecified atom stereocenters. The highest BCUT2D eigenvalue weighted by Crippen LogP contribution is 2.12. The lowest BCUT2D eigenvalue weighted by Gasteiger charge is -2.11. The van der Waals surface area contributed by atoms with E-state index in [0.717, 1.165) is 22.4 Å². The van der Waals surface area contributed by atoms with Crippen molar-refractivity contribution < 1.29 is 14.4 Å². The van der Waals surface area contributed by atoms with Crippen LogP contribution in [-0.2, 0) is 22.9 Å². The minimum Gasteiger partial charge on any atom is -0.497 e. The highest BCUT2D eigenvalue weighted by molar-refractivity contribution is 5.97. The van der Waals surface area contributed by atoms with Crippen molar-refractivity contribution in [2.45, 2.75) is 13.2 Å². The van der Waals surface area contributed by atoms with Gasteiger partial charge in [0.2, 0.25) is 0 Å². The number of ether oxygens (including phenoxy) is 1. The lowest BCUT2D eigenvalue weighted by molar-refractivity contribution is 0.0635. The molecule has 5 heteroatoms. The molecule has 0 bridgehead atoms. The number of nitrogens with one attached hydrogen (secondary N) is 1. The first-order chi connectivity index (χ1) is 13.3. The Morgan fingerprint density at radius 2 is 1.37 bits per heavy atom. The molecular weight excluding hydrogens is 340 g/mol. The van der Waals surface area contributed by atoms with Crippen LogP contribution >= 0.6 is 0 Å². The third-order valence-corrected chi connectivity index (χ3v) is 3.84. The van der Waals surface area contributed by atoms with Crippen LogP contribution < -0.4 is 10.2 Å². The molecule has 0 aliphatic rings. The number of rotatable bonds is 8. The van der Waals surface area contributed by atoms with Crippen molar-refractivity contribution in [2.24, 2.45) is 5.16 Å². The quantitative estimate of drug-likeness (QED) is 0.369. The number of amidine groups is 1. The third kappa shape index (κ3) is 5.87. The molecule has 0 atom stereocenters.